The molecule has 36 heavy (non-hydrogen) atoms. The maximum absolute atomic E-state index is 6.62. The van der Waals surface area contributed by atoms with E-state index in [-0.39, 0.29) is 0 Å². The molecule has 0 saturated heterocycles. The Hall–Kier alpha value is -2.50. The molecule has 3 rings (SSSR count). The topological polar surface area (TPSA) is 27.7 Å². The van der Waals surface area contributed by atoms with Crippen molar-refractivity contribution >= 4 is 8.80 Å². The van der Waals surface area contributed by atoms with Crippen LogP contribution in [0.4, 0.5) is 0 Å². The van der Waals surface area contributed by atoms with Gasteiger partial charge in [0.1, 0.15) is 0 Å². The molecular weight excluding hydrogens is 460 g/mol. The van der Waals surface area contributed by atoms with E-state index in [0.29, 0.717) is 19.8 Å². The fourth-order valence-electron chi connectivity index (χ4n) is 4.16. The summed E-state index contributed by atoms with van der Waals surface area (Å²) in [7, 11) is -2.94. The smallest absolute Gasteiger partial charge is 0.369 e. The van der Waals surface area contributed by atoms with Crippen LogP contribution in [0.3, 0.4) is 0 Å². The zero-order valence-corrected chi connectivity index (χ0v) is 22.7. The minimum atomic E-state index is -2.94. The fourth-order valence-corrected chi connectivity index (χ4v) is 6.68. The van der Waals surface area contributed by atoms with Gasteiger partial charge in [0.25, 0.3) is 0 Å². The van der Waals surface area contributed by atoms with Crippen molar-refractivity contribution in [2.75, 3.05) is 0 Å². The summed E-state index contributed by atoms with van der Waals surface area (Å²) in [6, 6.07) is 31.8. The Morgan fingerprint density at radius 2 is 0.861 bits per heavy atom. The average Bonchev–Trinajstić information content (AvgIpc) is 2.94. The number of benzene rings is 3. The Morgan fingerprint density at radius 1 is 0.500 bits per heavy atom. The first kappa shape index (κ1) is 28.1. The lowest BCUT2D eigenvalue weighted by Gasteiger charge is -2.30. The molecule has 4 heteroatoms. The highest BCUT2D eigenvalue weighted by atomic mass is 28.4. The molecule has 0 aromatic heterocycles. The predicted molar refractivity (Wildman–Crippen MR) is 151 cm³/mol. The van der Waals surface area contributed by atoms with Crippen molar-refractivity contribution in [2.45, 2.75) is 77.2 Å². The van der Waals surface area contributed by atoms with E-state index in [0.717, 1.165) is 35.6 Å². The largest absolute Gasteiger partial charge is 0.501 e. The van der Waals surface area contributed by atoms with Crippen molar-refractivity contribution in [1.29, 1.82) is 0 Å². The average molecular weight is 503 g/mol. The monoisotopic (exact) mass is 502 g/mol. The minimum Gasteiger partial charge on any atom is -0.369 e. The van der Waals surface area contributed by atoms with Crippen LogP contribution in [0.15, 0.2) is 104 Å². The van der Waals surface area contributed by atoms with Gasteiger partial charge in [-0.2, -0.15) is 0 Å². The molecule has 0 spiro atoms. The summed E-state index contributed by atoms with van der Waals surface area (Å²) in [4.78, 5) is 0. The van der Waals surface area contributed by atoms with Crippen LogP contribution in [0.5, 0.6) is 0 Å². The predicted octanol–water partition coefficient (Wildman–Crippen LogP) is 8.88. The normalized spacial score (nSPS) is 11.4. The molecule has 0 aliphatic carbocycles. The van der Waals surface area contributed by atoms with E-state index in [4.69, 9.17) is 13.3 Å². The highest BCUT2D eigenvalue weighted by Crippen LogP contribution is 2.25. The molecule has 0 N–H and O–H groups in total. The molecule has 0 aliphatic rings. The van der Waals surface area contributed by atoms with Crippen molar-refractivity contribution < 1.29 is 13.3 Å². The highest BCUT2D eigenvalue weighted by Gasteiger charge is 2.41. The third-order valence-corrected chi connectivity index (χ3v) is 9.01. The van der Waals surface area contributed by atoms with E-state index in [1.807, 2.05) is 60.7 Å². The molecule has 0 saturated carbocycles. The Bertz CT molecular complexity index is 841. The van der Waals surface area contributed by atoms with Crippen LogP contribution >= 0.6 is 0 Å². The van der Waals surface area contributed by atoms with Gasteiger partial charge in [-0.25, -0.2) is 0 Å². The second kappa shape index (κ2) is 17.0. The van der Waals surface area contributed by atoms with Crippen LogP contribution in [-0.2, 0) is 33.1 Å². The molecule has 3 aromatic rings. The molecule has 3 aromatic carbocycles. The van der Waals surface area contributed by atoms with Crippen molar-refractivity contribution in [1.82, 2.24) is 0 Å². The van der Waals surface area contributed by atoms with Gasteiger partial charge < -0.3 is 13.3 Å². The summed E-state index contributed by atoms with van der Waals surface area (Å²) in [5.74, 6) is 0. The van der Waals surface area contributed by atoms with Gasteiger partial charge in [0.2, 0.25) is 0 Å². The zero-order chi connectivity index (χ0) is 25.2. The van der Waals surface area contributed by atoms with E-state index < -0.39 is 8.80 Å². The van der Waals surface area contributed by atoms with Crippen LogP contribution in [0.2, 0.25) is 6.04 Å². The van der Waals surface area contributed by atoms with Gasteiger partial charge in [-0.1, -0.05) is 129 Å². The highest BCUT2D eigenvalue weighted by molar-refractivity contribution is 6.60. The van der Waals surface area contributed by atoms with Crippen LogP contribution in [-0.4, -0.2) is 8.80 Å². The first-order chi connectivity index (χ1) is 17.8. The van der Waals surface area contributed by atoms with Crippen molar-refractivity contribution in [3.8, 4) is 0 Å². The molecule has 0 amide bonds. The van der Waals surface area contributed by atoms with Gasteiger partial charge in [0.05, 0.1) is 19.8 Å². The zero-order valence-electron chi connectivity index (χ0n) is 21.7. The molecule has 3 nitrogen and oxygen atoms in total. The number of allylic oxidation sites excluding steroid dienone is 1. The maximum Gasteiger partial charge on any atom is 0.501 e. The lowest BCUT2D eigenvalue weighted by atomic mass is 10.1. The van der Waals surface area contributed by atoms with Crippen LogP contribution in [0.25, 0.3) is 0 Å². The summed E-state index contributed by atoms with van der Waals surface area (Å²) < 4.78 is 19.8. The molecule has 0 heterocycles. The Labute approximate surface area is 219 Å². The van der Waals surface area contributed by atoms with Gasteiger partial charge in [-0.15, -0.1) is 6.58 Å². The quantitative estimate of drug-likeness (QED) is 0.0930. The third kappa shape index (κ3) is 11.0. The second-order valence-electron chi connectivity index (χ2n) is 9.31. The Balaban J connectivity index is 1.64. The maximum atomic E-state index is 6.62. The first-order valence-electron chi connectivity index (χ1n) is 13.4. The third-order valence-electron chi connectivity index (χ3n) is 6.30. The second-order valence-corrected chi connectivity index (χ2v) is 12.0. The van der Waals surface area contributed by atoms with Crippen molar-refractivity contribution in [3.05, 3.63) is 120 Å². The summed E-state index contributed by atoms with van der Waals surface area (Å²) in [5.41, 5.74) is 3.42. The molecule has 0 aliphatic heterocycles. The Morgan fingerprint density at radius 3 is 1.25 bits per heavy atom. The molecule has 0 unspecified atom stereocenters. The molecule has 0 fully saturated rings. The summed E-state index contributed by atoms with van der Waals surface area (Å²) in [6.45, 7) is 5.31. The van der Waals surface area contributed by atoms with Gasteiger partial charge in [-0.3, -0.25) is 0 Å². The van der Waals surface area contributed by atoms with E-state index >= 15 is 0 Å². The molecule has 0 atom stereocenters. The summed E-state index contributed by atoms with van der Waals surface area (Å²) in [6.07, 6.45) is 11.8. The van der Waals surface area contributed by atoms with E-state index in [9.17, 15) is 0 Å². The summed E-state index contributed by atoms with van der Waals surface area (Å²) >= 11 is 0. The lowest BCUT2D eigenvalue weighted by Crippen LogP contribution is -2.45. The number of unbranched alkanes of at least 4 members (excludes halogenated alkanes) is 7. The van der Waals surface area contributed by atoms with Gasteiger partial charge >= 0.3 is 8.80 Å². The van der Waals surface area contributed by atoms with Crippen molar-refractivity contribution in [2.24, 2.45) is 0 Å². The molecule has 192 valence electrons. The Kier molecular flexibility index (Phi) is 13.3. The van der Waals surface area contributed by atoms with Gasteiger partial charge in [0, 0.05) is 6.04 Å². The first-order valence-corrected chi connectivity index (χ1v) is 15.4. The van der Waals surface area contributed by atoms with E-state index in [1.165, 1.54) is 38.5 Å². The number of rotatable bonds is 19. The lowest BCUT2D eigenvalue weighted by molar-refractivity contribution is 0.0421. The molecular formula is C32H42O3Si. The summed E-state index contributed by atoms with van der Waals surface area (Å²) in [5, 5.41) is 0. The fraction of sp³-hybridized carbons (Fsp3) is 0.375. The molecule has 0 radical (unpaired) electrons. The van der Waals surface area contributed by atoms with E-state index in [1.54, 1.807) is 0 Å². The van der Waals surface area contributed by atoms with E-state index in [2.05, 4.69) is 43.0 Å². The minimum absolute atomic E-state index is 0.500. The van der Waals surface area contributed by atoms with Gasteiger partial charge in [0.15, 0.2) is 0 Å². The van der Waals surface area contributed by atoms with Crippen LogP contribution < -0.4 is 0 Å². The number of hydrogen-bond acceptors (Lipinski definition) is 3. The van der Waals surface area contributed by atoms with Crippen LogP contribution in [0.1, 0.15) is 68.1 Å². The SMILES string of the molecule is C=CCCCCCCCCC[Si](OCc1ccccc1)(OCc1ccccc1)OCc1ccccc1. The van der Waals surface area contributed by atoms with Crippen LogP contribution in [0, 0.1) is 0 Å². The van der Waals surface area contributed by atoms with Crippen molar-refractivity contribution in [3.63, 3.8) is 0 Å². The molecule has 0 bridgehead atoms. The van der Waals surface area contributed by atoms with Gasteiger partial charge in [-0.05, 0) is 36.0 Å². The number of hydrogen-bond donors (Lipinski definition) is 0. The standard InChI is InChI=1S/C32H42O3Si/c1-2-3-4-5-6-7-8-9-19-26-36(33-27-30-20-13-10-14-21-30,34-28-31-22-15-11-16-23-31)35-29-32-24-17-12-18-25-32/h2,10-18,20-25H,1,3-9,19,26-29H2.